The van der Waals surface area contributed by atoms with Crippen molar-refractivity contribution in [1.82, 2.24) is 20.2 Å². The van der Waals surface area contributed by atoms with Crippen LogP contribution >= 0.6 is 0 Å². The zero-order chi connectivity index (χ0) is 32.6. The van der Waals surface area contributed by atoms with Gasteiger partial charge in [-0.1, -0.05) is 39.0 Å². The number of amides is 2. The molecular weight excluding hydrogens is 593 g/mol. The number of H-pyrrole nitrogens is 1. The van der Waals surface area contributed by atoms with Crippen LogP contribution in [-0.4, -0.2) is 66.0 Å². The Morgan fingerprint density at radius 1 is 1.04 bits per heavy atom. The number of fused-ring (bicyclic) bond motifs is 3. The van der Waals surface area contributed by atoms with Gasteiger partial charge < -0.3 is 29.4 Å². The van der Waals surface area contributed by atoms with Crippen LogP contribution in [0.1, 0.15) is 49.4 Å². The van der Waals surface area contributed by atoms with Crippen LogP contribution in [0.4, 0.5) is 18.0 Å². The van der Waals surface area contributed by atoms with Crippen molar-refractivity contribution in [2.24, 2.45) is 11.8 Å². The van der Waals surface area contributed by atoms with Crippen LogP contribution in [0.15, 0.2) is 48.5 Å². The van der Waals surface area contributed by atoms with Crippen molar-refractivity contribution in [1.29, 1.82) is 0 Å². The average molecular weight is 627 g/mol. The Labute approximate surface area is 256 Å². The van der Waals surface area contributed by atoms with Crippen LogP contribution in [0.3, 0.4) is 0 Å². The van der Waals surface area contributed by atoms with Gasteiger partial charge in [-0.15, -0.1) is 13.2 Å². The minimum atomic E-state index is -4.98. The monoisotopic (exact) mass is 626 g/mol. The third-order valence-corrected chi connectivity index (χ3v) is 7.93. The number of imidazole rings is 1. The number of ether oxygens (including phenoxy) is 3. The van der Waals surface area contributed by atoms with Crippen molar-refractivity contribution in [2.75, 3.05) is 20.8 Å². The first-order valence-corrected chi connectivity index (χ1v) is 14.4. The lowest BCUT2D eigenvalue weighted by atomic mass is 9.98. The molecule has 0 radical (unpaired) electrons. The van der Waals surface area contributed by atoms with Crippen molar-refractivity contribution in [2.45, 2.75) is 45.6 Å². The summed E-state index contributed by atoms with van der Waals surface area (Å²) in [5.41, 5.74) is 1.86. The molecule has 1 fully saturated rings. The number of methoxy groups -OCH3 is 2. The first-order valence-electron chi connectivity index (χ1n) is 14.4. The highest BCUT2D eigenvalue weighted by molar-refractivity contribution is 6.05. The number of rotatable bonds is 7. The molecule has 0 unspecified atom stereocenters. The molecule has 3 atom stereocenters. The summed E-state index contributed by atoms with van der Waals surface area (Å²) in [7, 11) is 2.38. The van der Waals surface area contributed by atoms with Gasteiger partial charge in [-0.25, -0.2) is 14.6 Å². The Morgan fingerprint density at radius 3 is 2.47 bits per heavy atom. The number of aromatic nitrogens is 2. The molecule has 3 aromatic carbocycles. The summed E-state index contributed by atoms with van der Waals surface area (Å²) in [6.07, 6.45) is -4.99. The van der Waals surface area contributed by atoms with Crippen LogP contribution in [0.2, 0.25) is 0 Å². The smallest absolute Gasteiger partial charge is 0.465 e. The molecule has 1 aliphatic rings. The van der Waals surface area contributed by atoms with Crippen LogP contribution < -0.4 is 10.1 Å². The lowest BCUT2D eigenvalue weighted by Crippen LogP contribution is -2.51. The molecule has 1 saturated heterocycles. The molecule has 4 aromatic rings. The minimum Gasteiger partial charge on any atom is -0.465 e. The number of halogens is 3. The van der Waals surface area contributed by atoms with Gasteiger partial charge in [0.25, 0.3) is 0 Å². The normalized spacial score (nSPS) is 17.5. The van der Waals surface area contributed by atoms with E-state index >= 15 is 0 Å². The average Bonchev–Trinajstić information content (AvgIpc) is 3.61. The highest BCUT2D eigenvalue weighted by Gasteiger charge is 2.40. The molecule has 2 amide bonds. The van der Waals surface area contributed by atoms with Gasteiger partial charge in [0.15, 0.2) is 0 Å². The number of hydrogen-bond donors (Lipinski definition) is 2. The maximum atomic E-state index is 13.7. The number of alkyl carbamates (subject to hydrolysis) is 1. The van der Waals surface area contributed by atoms with Crippen molar-refractivity contribution < 1.29 is 41.8 Å². The zero-order valence-electron chi connectivity index (χ0n) is 25.3. The van der Waals surface area contributed by atoms with Crippen LogP contribution in [-0.2, 0) is 14.3 Å². The summed E-state index contributed by atoms with van der Waals surface area (Å²) in [5, 5.41) is 4.11. The molecule has 0 saturated carbocycles. The zero-order valence-corrected chi connectivity index (χ0v) is 25.3. The Bertz CT molecular complexity index is 1770. The molecule has 0 bridgehead atoms. The van der Waals surface area contributed by atoms with Gasteiger partial charge in [-0.3, -0.25) is 4.79 Å². The molecule has 1 aromatic heterocycles. The number of likely N-dealkylation sites (tertiary alicyclic amines) is 1. The Balaban J connectivity index is 1.51. The summed E-state index contributed by atoms with van der Waals surface area (Å²) >= 11 is 0. The van der Waals surface area contributed by atoms with E-state index in [2.05, 4.69) is 19.8 Å². The number of nitrogens with zero attached hydrogens (tertiary/aromatic N) is 2. The van der Waals surface area contributed by atoms with Gasteiger partial charge in [0, 0.05) is 17.5 Å². The van der Waals surface area contributed by atoms with E-state index < -0.39 is 30.2 Å². The van der Waals surface area contributed by atoms with Crippen LogP contribution in [0.5, 0.6) is 5.75 Å². The molecule has 2 N–H and O–H groups in total. The first kappa shape index (κ1) is 31.6. The number of esters is 1. The van der Waals surface area contributed by atoms with Gasteiger partial charge in [0.05, 0.1) is 36.9 Å². The Hall–Kier alpha value is -4.81. The van der Waals surface area contributed by atoms with E-state index in [0.717, 1.165) is 24.1 Å². The van der Waals surface area contributed by atoms with E-state index in [9.17, 15) is 27.6 Å². The van der Waals surface area contributed by atoms with E-state index in [1.807, 2.05) is 32.9 Å². The number of carbonyl (C=O) groups is 3. The third kappa shape index (κ3) is 6.52. The molecule has 238 valence electrons. The maximum absolute atomic E-state index is 13.7. The fraction of sp³-hybridized carbons (Fsp3) is 0.375. The highest BCUT2D eigenvalue weighted by atomic mass is 19.4. The Morgan fingerprint density at radius 2 is 1.80 bits per heavy atom. The van der Waals surface area contributed by atoms with Gasteiger partial charge in [-0.05, 0) is 59.5 Å². The van der Waals surface area contributed by atoms with Gasteiger partial charge in [0.2, 0.25) is 5.91 Å². The molecular formula is C32H33F3N4O6. The molecule has 45 heavy (non-hydrogen) atoms. The largest absolute Gasteiger partial charge is 0.573 e. The van der Waals surface area contributed by atoms with E-state index in [1.165, 1.54) is 19.2 Å². The quantitative estimate of drug-likeness (QED) is 0.229. The van der Waals surface area contributed by atoms with E-state index in [-0.39, 0.29) is 34.9 Å². The highest BCUT2D eigenvalue weighted by Crippen LogP contribution is 2.39. The third-order valence-electron chi connectivity index (χ3n) is 7.93. The standard InChI is InChI=1S/C32H33F3N4O6/c1-16(2)26(38-31(42)44-5)29(40)39-15-17(3)12-24(39)28-36-23-11-8-19-13-18(6-10-22(19)27(23)37-28)21-9-7-20(30(41)43-4)14-25(21)45-32(33,34)35/h6-11,13-14,16-17,24,26H,12,15H2,1-5H3,(H,36,37)(H,38,42)/t17-,24-,26-/m0/s1. The Kier molecular flexibility index (Phi) is 8.63. The van der Waals surface area contributed by atoms with E-state index in [1.54, 1.807) is 23.1 Å². The molecule has 0 aliphatic carbocycles. The van der Waals surface area contributed by atoms with Crippen molar-refractivity contribution in [3.8, 4) is 16.9 Å². The second kappa shape index (κ2) is 12.3. The van der Waals surface area contributed by atoms with Crippen molar-refractivity contribution in [3.63, 3.8) is 0 Å². The summed E-state index contributed by atoms with van der Waals surface area (Å²) in [6, 6.07) is 11.4. The number of alkyl halides is 3. The van der Waals surface area contributed by atoms with Gasteiger partial charge in [-0.2, -0.15) is 0 Å². The molecule has 5 rings (SSSR count). The summed E-state index contributed by atoms with van der Waals surface area (Å²) in [6.45, 7) is 6.24. The lowest BCUT2D eigenvalue weighted by Gasteiger charge is -2.30. The molecule has 0 spiro atoms. The van der Waals surface area contributed by atoms with Gasteiger partial charge >= 0.3 is 18.4 Å². The van der Waals surface area contributed by atoms with Crippen LogP contribution in [0.25, 0.3) is 32.9 Å². The maximum Gasteiger partial charge on any atom is 0.573 e. The van der Waals surface area contributed by atoms with Crippen molar-refractivity contribution >= 4 is 39.8 Å². The number of hydrogen-bond acceptors (Lipinski definition) is 7. The lowest BCUT2D eigenvalue weighted by molar-refractivity contribution is -0.274. The summed E-state index contributed by atoms with van der Waals surface area (Å²) in [4.78, 5) is 47.6. The molecule has 13 heteroatoms. The minimum absolute atomic E-state index is 0.0819. The SMILES string of the molecule is COC(=O)N[C@H](C(=O)N1C[C@@H](C)C[C@H]1c1nc2c(ccc3cc(-c4ccc(C(=O)OC)cc4OC(F)(F)F)ccc32)[nH]1)C(C)C. The van der Waals surface area contributed by atoms with E-state index in [0.29, 0.717) is 35.3 Å². The first-order chi connectivity index (χ1) is 21.3. The van der Waals surface area contributed by atoms with Crippen molar-refractivity contribution in [3.05, 3.63) is 59.9 Å². The molecule has 1 aliphatic heterocycles. The van der Waals surface area contributed by atoms with Crippen LogP contribution in [0, 0.1) is 11.8 Å². The van der Waals surface area contributed by atoms with Gasteiger partial charge in [0.1, 0.15) is 17.6 Å². The molecule has 10 nitrogen and oxygen atoms in total. The summed E-state index contributed by atoms with van der Waals surface area (Å²) < 4.78 is 53.4. The topological polar surface area (TPSA) is 123 Å². The second-order valence-electron chi connectivity index (χ2n) is 11.5. The van der Waals surface area contributed by atoms with E-state index in [4.69, 9.17) is 9.72 Å². The summed E-state index contributed by atoms with van der Waals surface area (Å²) in [5.74, 6) is -0.944. The predicted octanol–water partition coefficient (Wildman–Crippen LogP) is 6.36. The second-order valence-corrected chi connectivity index (χ2v) is 11.5. The molecule has 2 heterocycles. The number of nitrogens with one attached hydrogen (secondary N) is 2. The number of carbonyl (C=O) groups excluding carboxylic acids is 3. The fourth-order valence-electron chi connectivity index (χ4n) is 5.79. The number of benzene rings is 3. The predicted molar refractivity (Wildman–Crippen MR) is 159 cm³/mol. The fourth-order valence-corrected chi connectivity index (χ4v) is 5.79. The number of aromatic amines is 1.